The standard InChI is InChI=1S/C17H15BrN2O3/c18-14-9-8-13(10-15(14)20(22)23)17(21)19-16(12-6-7-12)11-4-2-1-3-5-11/h1-5,8-10,12,16H,6-7H2,(H,19,21)/t16-/m0/s1. The van der Waals surface area contributed by atoms with Crippen molar-refractivity contribution in [2.24, 2.45) is 5.92 Å². The number of hydrogen-bond acceptors (Lipinski definition) is 3. The van der Waals surface area contributed by atoms with Crippen LogP contribution < -0.4 is 5.32 Å². The number of benzene rings is 2. The minimum Gasteiger partial charge on any atom is -0.345 e. The van der Waals surface area contributed by atoms with Crippen molar-refractivity contribution in [3.05, 3.63) is 74.2 Å². The normalized spacial score (nSPS) is 15.0. The maximum atomic E-state index is 12.5. The minimum atomic E-state index is -0.504. The third-order valence-electron chi connectivity index (χ3n) is 3.94. The van der Waals surface area contributed by atoms with E-state index in [-0.39, 0.29) is 17.6 Å². The third-order valence-corrected chi connectivity index (χ3v) is 4.61. The van der Waals surface area contributed by atoms with Crippen LogP contribution in [0.2, 0.25) is 0 Å². The lowest BCUT2D eigenvalue weighted by atomic mass is 10.0. The summed E-state index contributed by atoms with van der Waals surface area (Å²) in [7, 11) is 0. The molecule has 1 saturated carbocycles. The zero-order chi connectivity index (χ0) is 16.4. The predicted octanol–water partition coefficient (Wildman–Crippen LogP) is 4.24. The first-order valence-electron chi connectivity index (χ1n) is 7.36. The zero-order valence-corrected chi connectivity index (χ0v) is 13.8. The molecule has 0 aromatic heterocycles. The summed E-state index contributed by atoms with van der Waals surface area (Å²) < 4.78 is 0.362. The first-order valence-corrected chi connectivity index (χ1v) is 8.15. The van der Waals surface area contributed by atoms with Crippen molar-refractivity contribution >= 4 is 27.5 Å². The molecule has 0 spiro atoms. The highest BCUT2D eigenvalue weighted by molar-refractivity contribution is 9.10. The van der Waals surface area contributed by atoms with Gasteiger partial charge >= 0.3 is 0 Å². The van der Waals surface area contributed by atoms with E-state index in [0.29, 0.717) is 16.0 Å². The zero-order valence-electron chi connectivity index (χ0n) is 12.2. The van der Waals surface area contributed by atoms with Crippen LogP contribution >= 0.6 is 15.9 Å². The van der Waals surface area contributed by atoms with Crippen molar-refractivity contribution in [3.63, 3.8) is 0 Å². The van der Waals surface area contributed by atoms with E-state index in [1.165, 1.54) is 12.1 Å². The number of carbonyl (C=O) groups excluding carboxylic acids is 1. The second-order valence-corrected chi connectivity index (χ2v) is 6.48. The lowest BCUT2D eigenvalue weighted by molar-refractivity contribution is -0.385. The van der Waals surface area contributed by atoms with E-state index in [4.69, 9.17) is 0 Å². The summed E-state index contributed by atoms with van der Waals surface area (Å²) in [5.41, 5.74) is 1.25. The number of nitrogens with one attached hydrogen (secondary N) is 1. The fourth-order valence-corrected chi connectivity index (χ4v) is 2.97. The van der Waals surface area contributed by atoms with Crippen molar-refractivity contribution < 1.29 is 9.72 Å². The molecular weight excluding hydrogens is 360 g/mol. The predicted molar refractivity (Wildman–Crippen MR) is 90.2 cm³/mol. The monoisotopic (exact) mass is 374 g/mol. The fourth-order valence-electron chi connectivity index (χ4n) is 2.58. The van der Waals surface area contributed by atoms with Gasteiger partial charge in [0.15, 0.2) is 0 Å². The van der Waals surface area contributed by atoms with Gasteiger partial charge in [-0.2, -0.15) is 0 Å². The van der Waals surface area contributed by atoms with E-state index in [2.05, 4.69) is 21.2 Å². The molecule has 0 aliphatic heterocycles. The fraction of sp³-hybridized carbons (Fsp3) is 0.235. The van der Waals surface area contributed by atoms with Crippen molar-refractivity contribution in [1.82, 2.24) is 5.32 Å². The van der Waals surface area contributed by atoms with Crippen LogP contribution in [0.25, 0.3) is 0 Å². The SMILES string of the molecule is O=C(N[C@@H](c1ccccc1)C1CC1)c1ccc(Br)c([N+](=O)[O-])c1. The summed E-state index contributed by atoms with van der Waals surface area (Å²) in [6.07, 6.45) is 2.17. The second-order valence-electron chi connectivity index (χ2n) is 5.62. The Morgan fingerprint density at radius 1 is 1.22 bits per heavy atom. The van der Waals surface area contributed by atoms with E-state index in [9.17, 15) is 14.9 Å². The molecule has 1 aliphatic rings. The first-order chi connectivity index (χ1) is 11.1. The van der Waals surface area contributed by atoms with Gasteiger partial charge in [-0.15, -0.1) is 0 Å². The largest absolute Gasteiger partial charge is 0.345 e. The van der Waals surface area contributed by atoms with Crippen LogP contribution in [0.15, 0.2) is 53.0 Å². The van der Waals surface area contributed by atoms with E-state index < -0.39 is 4.92 Å². The minimum absolute atomic E-state index is 0.0496. The molecule has 118 valence electrons. The summed E-state index contributed by atoms with van der Waals surface area (Å²) in [5, 5.41) is 14.0. The van der Waals surface area contributed by atoms with Crippen LogP contribution in [-0.4, -0.2) is 10.8 Å². The van der Waals surface area contributed by atoms with Gasteiger partial charge in [0.1, 0.15) is 0 Å². The van der Waals surface area contributed by atoms with Gasteiger partial charge in [0.2, 0.25) is 0 Å². The molecule has 23 heavy (non-hydrogen) atoms. The number of hydrogen-bond donors (Lipinski definition) is 1. The molecule has 5 nitrogen and oxygen atoms in total. The Morgan fingerprint density at radius 2 is 1.91 bits per heavy atom. The van der Waals surface area contributed by atoms with E-state index >= 15 is 0 Å². The Labute approximate surface area is 142 Å². The highest BCUT2D eigenvalue weighted by atomic mass is 79.9. The molecule has 1 amide bonds. The molecule has 0 bridgehead atoms. The average molecular weight is 375 g/mol. The Morgan fingerprint density at radius 3 is 2.52 bits per heavy atom. The quantitative estimate of drug-likeness (QED) is 0.628. The lowest BCUT2D eigenvalue weighted by Crippen LogP contribution is -2.29. The summed E-state index contributed by atoms with van der Waals surface area (Å²) in [6, 6.07) is 14.2. The number of rotatable bonds is 5. The van der Waals surface area contributed by atoms with Gasteiger partial charge < -0.3 is 5.32 Å². The average Bonchev–Trinajstić information content (AvgIpc) is 3.38. The Bertz CT molecular complexity index is 745. The molecule has 2 aromatic carbocycles. The van der Waals surface area contributed by atoms with Crippen LogP contribution in [0.4, 0.5) is 5.69 Å². The van der Waals surface area contributed by atoms with Gasteiger partial charge in [0.05, 0.1) is 15.4 Å². The smallest absolute Gasteiger partial charge is 0.284 e. The second kappa shape index (κ2) is 6.50. The molecule has 0 radical (unpaired) electrons. The number of nitro benzene ring substituents is 1. The maximum Gasteiger partial charge on any atom is 0.284 e. The van der Waals surface area contributed by atoms with Gasteiger partial charge in [0, 0.05) is 11.6 Å². The summed E-state index contributed by atoms with van der Waals surface area (Å²) in [5.74, 6) is 0.146. The van der Waals surface area contributed by atoms with Crippen molar-refractivity contribution in [2.45, 2.75) is 18.9 Å². The summed E-state index contributed by atoms with van der Waals surface area (Å²) in [4.78, 5) is 23.0. The molecule has 1 N–H and O–H groups in total. The Balaban J connectivity index is 1.83. The van der Waals surface area contributed by atoms with Gasteiger partial charge in [0.25, 0.3) is 11.6 Å². The van der Waals surface area contributed by atoms with Gasteiger partial charge in [-0.1, -0.05) is 30.3 Å². The molecular formula is C17H15BrN2O3. The maximum absolute atomic E-state index is 12.5. The Hall–Kier alpha value is -2.21. The topological polar surface area (TPSA) is 72.2 Å². The van der Waals surface area contributed by atoms with Crippen LogP contribution in [-0.2, 0) is 0 Å². The van der Waals surface area contributed by atoms with Gasteiger partial charge in [-0.25, -0.2) is 0 Å². The number of amides is 1. The molecule has 0 saturated heterocycles. The van der Waals surface area contributed by atoms with Gasteiger partial charge in [-0.05, 0) is 52.4 Å². The van der Waals surface area contributed by atoms with Crippen LogP contribution in [0.5, 0.6) is 0 Å². The van der Waals surface area contributed by atoms with E-state index in [1.807, 2.05) is 30.3 Å². The highest BCUT2D eigenvalue weighted by Gasteiger charge is 2.33. The van der Waals surface area contributed by atoms with Gasteiger partial charge in [-0.3, -0.25) is 14.9 Å². The van der Waals surface area contributed by atoms with Crippen LogP contribution in [0, 0.1) is 16.0 Å². The lowest BCUT2D eigenvalue weighted by Gasteiger charge is -2.19. The molecule has 3 rings (SSSR count). The number of nitrogens with zero attached hydrogens (tertiary/aromatic N) is 1. The third kappa shape index (κ3) is 3.59. The molecule has 2 aromatic rings. The van der Waals surface area contributed by atoms with E-state index in [1.54, 1.807) is 6.07 Å². The van der Waals surface area contributed by atoms with Crippen molar-refractivity contribution in [1.29, 1.82) is 0 Å². The molecule has 6 heteroatoms. The highest BCUT2D eigenvalue weighted by Crippen LogP contribution is 2.41. The molecule has 1 atom stereocenters. The van der Waals surface area contributed by atoms with Crippen LogP contribution in [0.3, 0.4) is 0 Å². The van der Waals surface area contributed by atoms with Crippen molar-refractivity contribution in [2.75, 3.05) is 0 Å². The molecule has 0 unspecified atom stereocenters. The van der Waals surface area contributed by atoms with Crippen molar-refractivity contribution in [3.8, 4) is 0 Å². The summed E-state index contributed by atoms with van der Waals surface area (Å²) >= 11 is 3.13. The van der Waals surface area contributed by atoms with Crippen LogP contribution in [0.1, 0.15) is 34.8 Å². The first kappa shape index (κ1) is 15.7. The number of halogens is 1. The molecule has 0 heterocycles. The number of carbonyl (C=O) groups is 1. The van der Waals surface area contributed by atoms with E-state index in [0.717, 1.165) is 18.4 Å². The molecule has 1 fully saturated rings. The number of nitro groups is 1. The molecule has 1 aliphatic carbocycles. The summed E-state index contributed by atoms with van der Waals surface area (Å²) in [6.45, 7) is 0. The Kier molecular flexibility index (Phi) is 4.43.